The number of hydrogen-bond acceptors (Lipinski definition) is 3. The van der Waals surface area contributed by atoms with Crippen LogP contribution in [0.25, 0.3) is 0 Å². The highest BCUT2D eigenvalue weighted by Gasteiger charge is 2.01. The number of nitrogens with two attached hydrogens (primary N) is 1. The van der Waals surface area contributed by atoms with Crippen molar-refractivity contribution < 1.29 is 0 Å². The number of hydrogen-bond donors (Lipinski definition) is 1. The summed E-state index contributed by atoms with van der Waals surface area (Å²) in [6.45, 7) is 4.52. The van der Waals surface area contributed by atoms with E-state index in [1.165, 1.54) is 10.1 Å². The monoisotopic (exact) mass is 305 g/mol. The first-order valence-corrected chi connectivity index (χ1v) is 5.24. The first-order valence-electron chi connectivity index (χ1n) is 4.16. The molecular weight excluding hydrogens is 293 g/mol. The number of aromatic nitrogens is 2. The van der Waals surface area contributed by atoms with Crippen LogP contribution in [0.1, 0.15) is 13.8 Å². The topological polar surface area (TPSA) is 60.9 Å². The van der Waals surface area contributed by atoms with Gasteiger partial charge in [0.05, 0.1) is 3.57 Å². The fraction of sp³-hybridized carbons (Fsp3) is 0.333. The summed E-state index contributed by atoms with van der Waals surface area (Å²) in [6, 6.07) is 0. The second-order valence-electron chi connectivity index (χ2n) is 3.19. The molecule has 14 heavy (non-hydrogen) atoms. The molecule has 1 aromatic heterocycles. The molecule has 0 unspecified atom stereocenters. The van der Waals surface area contributed by atoms with Gasteiger partial charge in [-0.05, 0) is 36.4 Å². The molecule has 0 saturated carbocycles. The Bertz CT molecular complexity index is 419. The molecule has 0 amide bonds. The first-order chi connectivity index (χ1) is 6.50. The summed E-state index contributed by atoms with van der Waals surface area (Å²) in [5.74, 6) is 0.295. The highest BCUT2D eigenvalue weighted by Crippen LogP contribution is 2.07. The molecule has 0 aliphatic rings. The van der Waals surface area contributed by atoms with Gasteiger partial charge in [0.2, 0.25) is 0 Å². The van der Waals surface area contributed by atoms with E-state index in [-0.39, 0.29) is 5.69 Å². The van der Waals surface area contributed by atoms with E-state index in [0.717, 1.165) is 3.57 Å². The molecular formula is C9H12IN3O. The molecule has 0 aromatic carbocycles. The van der Waals surface area contributed by atoms with Crippen molar-refractivity contribution in [2.45, 2.75) is 20.4 Å². The number of nitrogen functional groups attached to an aromatic ring is 1. The molecule has 76 valence electrons. The third-order valence-corrected chi connectivity index (χ3v) is 2.50. The van der Waals surface area contributed by atoms with Crippen LogP contribution in [0.2, 0.25) is 0 Å². The smallest absolute Gasteiger partial charge is 0.349 e. The summed E-state index contributed by atoms with van der Waals surface area (Å²) in [5.41, 5.74) is 6.36. The van der Waals surface area contributed by atoms with Crippen molar-refractivity contribution in [2.24, 2.45) is 0 Å². The van der Waals surface area contributed by atoms with Crippen LogP contribution in [0.5, 0.6) is 0 Å². The zero-order valence-corrected chi connectivity index (χ0v) is 10.3. The van der Waals surface area contributed by atoms with Crippen molar-refractivity contribution in [3.05, 3.63) is 31.9 Å². The lowest BCUT2D eigenvalue weighted by Crippen LogP contribution is -2.24. The third-order valence-electron chi connectivity index (χ3n) is 1.67. The van der Waals surface area contributed by atoms with Gasteiger partial charge < -0.3 is 5.73 Å². The Labute approximate surface area is 96.0 Å². The summed E-state index contributed by atoms with van der Waals surface area (Å²) < 4.78 is 2.33. The van der Waals surface area contributed by atoms with E-state index in [1.807, 2.05) is 19.9 Å². The van der Waals surface area contributed by atoms with Crippen LogP contribution in [-0.4, -0.2) is 9.55 Å². The summed E-state index contributed by atoms with van der Waals surface area (Å²) in [5, 5.41) is 0. The van der Waals surface area contributed by atoms with Gasteiger partial charge in [-0.15, -0.1) is 0 Å². The summed E-state index contributed by atoms with van der Waals surface area (Å²) in [7, 11) is 0. The fourth-order valence-corrected chi connectivity index (χ4v) is 1.35. The Morgan fingerprint density at radius 3 is 2.93 bits per heavy atom. The largest absolute Gasteiger partial charge is 0.383 e. The normalized spacial score (nSPS) is 9.93. The molecule has 0 fully saturated rings. The first kappa shape index (κ1) is 11.2. The van der Waals surface area contributed by atoms with E-state index < -0.39 is 0 Å². The second kappa shape index (κ2) is 4.59. The average Bonchev–Trinajstić information content (AvgIpc) is 2.09. The van der Waals surface area contributed by atoms with Crippen molar-refractivity contribution in [3.63, 3.8) is 0 Å². The molecule has 0 aliphatic carbocycles. The maximum atomic E-state index is 11.3. The van der Waals surface area contributed by atoms with Gasteiger partial charge in [0, 0.05) is 12.7 Å². The van der Waals surface area contributed by atoms with Crippen molar-refractivity contribution in [1.29, 1.82) is 0 Å². The van der Waals surface area contributed by atoms with Crippen molar-refractivity contribution in [3.8, 4) is 0 Å². The highest BCUT2D eigenvalue weighted by atomic mass is 127. The van der Waals surface area contributed by atoms with E-state index in [9.17, 15) is 4.79 Å². The lowest BCUT2D eigenvalue weighted by atomic mass is 10.3. The van der Waals surface area contributed by atoms with Crippen LogP contribution in [0.3, 0.4) is 0 Å². The minimum atomic E-state index is -0.305. The van der Waals surface area contributed by atoms with E-state index in [4.69, 9.17) is 5.73 Å². The van der Waals surface area contributed by atoms with Gasteiger partial charge in [-0.25, -0.2) is 4.79 Å². The van der Waals surface area contributed by atoms with E-state index in [1.54, 1.807) is 6.20 Å². The Morgan fingerprint density at radius 1 is 1.71 bits per heavy atom. The number of allylic oxidation sites excluding steroid dienone is 2. The van der Waals surface area contributed by atoms with Gasteiger partial charge >= 0.3 is 5.69 Å². The van der Waals surface area contributed by atoms with Crippen LogP contribution in [0.15, 0.2) is 22.6 Å². The fourth-order valence-electron chi connectivity index (χ4n) is 0.891. The Balaban J connectivity index is 3.05. The van der Waals surface area contributed by atoms with E-state index in [2.05, 4.69) is 27.6 Å². The zero-order chi connectivity index (χ0) is 10.7. The van der Waals surface area contributed by atoms with Crippen LogP contribution >= 0.6 is 22.6 Å². The molecule has 0 aliphatic heterocycles. The predicted octanol–water partition coefficient (Wildman–Crippen LogP) is 1.40. The minimum absolute atomic E-state index is 0.295. The van der Waals surface area contributed by atoms with Crippen molar-refractivity contribution in [2.75, 3.05) is 5.73 Å². The number of nitrogens with zero attached hydrogens (tertiary/aromatic N) is 2. The molecule has 2 N–H and O–H groups in total. The van der Waals surface area contributed by atoms with E-state index in [0.29, 0.717) is 12.4 Å². The molecule has 0 radical (unpaired) electrons. The highest BCUT2D eigenvalue weighted by molar-refractivity contribution is 14.1. The summed E-state index contributed by atoms with van der Waals surface area (Å²) in [4.78, 5) is 15.0. The van der Waals surface area contributed by atoms with Crippen molar-refractivity contribution >= 4 is 28.4 Å². The summed E-state index contributed by atoms with van der Waals surface area (Å²) in [6.07, 6.45) is 3.68. The molecule has 0 spiro atoms. The molecule has 0 saturated heterocycles. The van der Waals surface area contributed by atoms with E-state index >= 15 is 0 Å². The van der Waals surface area contributed by atoms with Gasteiger partial charge in [-0.3, -0.25) is 4.57 Å². The van der Waals surface area contributed by atoms with Crippen LogP contribution in [0.4, 0.5) is 5.82 Å². The quantitative estimate of drug-likeness (QED) is 0.663. The second-order valence-corrected chi connectivity index (χ2v) is 4.35. The predicted molar refractivity (Wildman–Crippen MR) is 65.1 cm³/mol. The maximum Gasteiger partial charge on any atom is 0.349 e. The van der Waals surface area contributed by atoms with Gasteiger partial charge in [0.1, 0.15) is 5.82 Å². The average molecular weight is 305 g/mol. The molecule has 1 rings (SSSR count). The lowest BCUT2D eigenvalue weighted by molar-refractivity contribution is 0.738. The molecule has 1 heterocycles. The number of anilines is 1. The van der Waals surface area contributed by atoms with Crippen molar-refractivity contribution in [1.82, 2.24) is 9.55 Å². The molecule has 4 nitrogen and oxygen atoms in total. The van der Waals surface area contributed by atoms with Gasteiger partial charge in [-0.2, -0.15) is 4.98 Å². The Morgan fingerprint density at radius 2 is 2.36 bits per heavy atom. The number of halogens is 1. The zero-order valence-electron chi connectivity index (χ0n) is 8.12. The van der Waals surface area contributed by atoms with Crippen LogP contribution in [-0.2, 0) is 6.54 Å². The van der Waals surface area contributed by atoms with Gasteiger partial charge in [-0.1, -0.05) is 11.6 Å². The van der Waals surface area contributed by atoms with Crippen LogP contribution < -0.4 is 11.4 Å². The maximum absolute atomic E-state index is 11.3. The Kier molecular flexibility index (Phi) is 3.68. The third kappa shape index (κ3) is 2.83. The van der Waals surface area contributed by atoms with Crippen LogP contribution in [0, 0.1) is 3.57 Å². The molecule has 0 bridgehead atoms. The SMILES string of the molecule is CC(C)=CCn1cc(I)c(N)nc1=O. The minimum Gasteiger partial charge on any atom is -0.383 e. The van der Waals surface area contributed by atoms with Gasteiger partial charge in [0.15, 0.2) is 0 Å². The lowest BCUT2D eigenvalue weighted by Gasteiger charge is -2.03. The standard InChI is InChI=1S/C9H12IN3O/c1-6(2)3-4-13-5-7(10)8(11)12-9(13)14/h3,5H,4H2,1-2H3,(H2,11,12,14). The van der Waals surface area contributed by atoms with Gasteiger partial charge in [0.25, 0.3) is 0 Å². The number of rotatable bonds is 2. The molecule has 1 aromatic rings. The Hall–Kier alpha value is -0.850. The molecule has 0 atom stereocenters. The molecule has 5 heteroatoms. The summed E-state index contributed by atoms with van der Waals surface area (Å²) >= 11 is 2.06.